The van der Waals surface area contributed by atoms with Crippen LogP contribution < -0.4 is 16.4 Å². The van der Waals surface area contributed by atoms with E-state index in [1.54, 1.807) is 19.9 Å². The number of hydrogen-bond donors (Lipinski definition) is 3. The Kier molecular flexibility index (Phi) is 5.79. The molecule has 0 bridgehead atoms. The quantitative estimate of drug-likeness (QED) is 0.524. The van der Waals surface area contributed by atoms with E-state index < -0.39 is 22.8 Å². The number of anilines is 1. The molecule has 2 amide bonds. The first-order chi connectivity index (χ1) is 9.82. The van der Waals surface area contributed by atoms with Gasteiger partial charge in [-0.2, -0.15) is 0 Å². The molecule has 8 heteroatoms. The molecule has 0 aromatic heterocycles. The second-order valence-corrected chi connectivity index (χ2v) is 4.81. The molecular weight excluding hydrogens is 276 g/mol. The molecule has 0 saturated heterocycles. The second-order valence-electron chi connectivity index (χ2n) is 4.81. The minimum atomic E-state index is -0.705. The van der Waals surface area contributed by atoms with Crippen molar-refractivity contribution in [2.24, 2.45) is 11.7 Å². The fraction of sp³-hybridized carbons (Fsp3) is 0.385. The summed E-state index contributed by atoms with van der Waals surface area (Å²) in [6, 6.07) is 5.05. The number of amides is 2. The van der Waals surface area contributed by atoms with Gasteiger partial charge < -0.3 is 16.4 Å². The van der Waals surface area contributed by atoms with Crippen LogP contribution in [0, 0.1) is 16.0 Å². The van der Waals surface area contributed by atoms with Gasteiger partial charge in [0, 0.05) is 6.07 Å². The van der Waals surface area contributed by atoms with E-state index in [1.807, 2.05) is 0 Å². The third kappa shape index (κ3) is 4.84. The summed E-state index contributed by atoms with van der Waals surface area (Å²) in [6.07, 6.45) is 0. The lowest BCUT2D eigenvalue weighted by molar-refractivity contribution is -0.383. The van der Waals surface area contributed by atoms with Crippen molar-refractivity contribution in [1.82, 2.24) is 5.32 Å². The molecule has 0 aliphatic rings. The maximum Gasteiger partial charge on any atom is 0.292 e. The highest BCUT2D eigenvalue weighted by Crippen LogP contribution is 2.22. The van der Waals surface area contributed by atoms with Gasteiger partial charge in [0.25, 0.3) is 5.69 Å². The fourth-order valence-electron chi connectivity index (χ4n) is 1.52. The molecule has 4 N–H and O–H groups in total. The Balaban J connectivity index is 2.59. The standard InChI is InChI=1S/C13H18N4O4/c1-8(2)12(14)13(19)15-7-11(18)16-9-5-3-4-6-10(9)17(20)21/h3-6,8,12H,7,14H2,1-2H3,(H,15,19)(H,16,18)/t12-/m0/s1. The van der Waals surface area contributed by atoms with Crippen molar-refractivity contribution < 1.29 is 14.5 Å². The first-order valence-electron chi connectivity index (χ1n) is 6.39. The van der Waals surface area contributed by atoms with E-state index in [1.165, 1.54) is 18.2 Å². The van der Waals surface area contributed by atoms with Crippen LogP contribution in [0.5, 0.6) is 0 Å². The summed E-state index contributed by atoms with van der Waals surface area (Å²) in [4.78, 5) is 33.5. The summed E-state index contributed by atoms with van der Waals surface area (Å²) >= 11 is 0. The lowest BCUT2D eigenvalue weighted by atomic mass is 10.1. The molecule has 0 heterocycles. The normalized spacial score (nSPS) is 11.8. The number of nitro groups is 1. The highest BCUT2D eigenvalue weighted by atomic mass is 16.6. The van der Waals surface area contributed by atoms with Crippen LogP contribution in [-0.4, -0.2) is 29.3 Å². The van der Waals surface area contributed by atoms with Gasteiger partial charge in [-0.15, -0.1) is 0 Å². The van der Waals surface area contributed by atoms with Crippen LogP contribution in [0.4, 0.5) is 11.4 Å². The maximum absolute atomic E-state index is 11.7. The molecule has 1 rings (SSSR count). The van der Waals surface area contributed by atoms with Crippen LogP contribution in [0.1, 0.15) is 13.8 Å². The smallest absolute Gasteiger partial charge is 0.292 e. The van der Waals surface area contributed by atoms with Gasteiger partial charge in [0.15, 0.2) is 0 Å². The van der Waals surface area contributed by atoms with Crippen LogP contribution in [0.15, 0.2) is 24.3 Å². The van der Waals surface area contributed by atoms with Crippen molar-refractivity contribution in [3.05, 3.63) is 34.4 Å². The first kappa shape index (κ1) is 16.6. The van der Waals surface area contributed by atoms with Gasteiger partial charge in [0.2, 0.25) is 11.8 Å². The molecule has 1 aromatic carbocycles. The third-order valence-electron chi connectivity index (χ3n) is 2.82. The number of hydrogen-bond acceptors (Lipinski definition) is 5. The zero-order valence-electron chi connectivity index (χ0n) is 11.8. The summed E-state index contributed by atoms with van der Waals surface area (Å²) in [7, 11) is 0. The molecule has 114 valence electrons. The fourth-order valence-corrected chi connectivity index (χ4v) is 1.52. The van der Waals surface area contributed by atoms with Gasteiger partial charge in [-0.05, 0) is 12.0 Å². The minimum Gasteiger partial charge on any atom is -0.346 e. The number of benzene rings is 1. The highest BCUT2D eigenvalue weighted by molar-refractivity contribution is 5.96. The van der Waals surface area contributed by atoms with Crippen molar-refractivity contribution in [1.29, 1.82) is 0 Å². The van der Waals surface area contributed by atoms with Crippen molar-refractivity contribution in [3.8, 4) is 0 Å². The number of rotatable bonds is 6. The molecule has 0 fully saturated rings. The van der Waals surface area contributed by atoms with E-state index in [4.69, 9.17) is 5.73 Å². The van der Waals surface area contributed by atoms with Gasteiger partial charge in [-0.1, -0.05) is 26.0 Å². The number of carbonyl (C=O) groups is 2. The van der Waals surface area contributed by atoms with E-state index in [0.29, 0.717) is 0 Å². The zero-order chi connectivity index (χ0) is 16.0. The minimum absolute atomic E-state index is 0.0525. The third-order valence-corrected chi connectivity index (χ3v) is 2.82. The Morgan fingerprint density at radius 1 is 1.33 bits per heavy atom. The SMILES string of the molecule is CC(C)[C@H](N)C(=O)NCC(=O)Nc1ccccc1[N+](=O)[O-]. The largest absolute Gasteiger partial charge is 0.346 e. The Labute approximate surface area is 121 Å². The number of carbonyl (C=O) groups excluding carboxylic acids is 2. The molecule has 0 aliphatic heterocycles. The summed E-state index contributed by atoms with van der Waals surface area (Å²) in [5.74, 6) is -1.06. The van der Waals surface area contributed by atoms with Crippen LogP contribution >= 0.6 is 0 Å². The number of para-hydroxylation sites is 2. The molecule has 0 saturated carbocycles. The molecule has 0 unspecified atom stereocenters. The number of nitrogens with two attached hydrogens (primary N) is 1. The molecular formula is C13H18N4O4. The van der Waals surface area contributed by atoms with Gasteiger partial charge in [-0.25, -0.2) is 0 Å². The Hall–Kier alpha value is -2.48. The van der Waals surface area contributed by atoms with Gasteiger partial charge in [0.1, 0.15) is 5.69 Å². The van der Waals surface area contributed by atoms with Gasteiger partial charge in [0.05, 0.1) is 17.5 Å². The van der Waals surface area contributed by atoms with Crippen molar-refractivity contribution >= 4 is 23.2 Å². The molecule has 21 heavy (non-hydrogen) atoms. The van der Waals surface area contributed by atoms with E-state index >= 15 is 0 Å². The molecule has 1 aromatic rings. The van der Waals surface area contributed by atoms with Gasteiger partial charge >= 0.3 is 0 Å². The molecule has 8 nitrogen and oxygen atoms in total. The molecule has 0 aliphatic carbocycles. The van der Waals surface area contributed by atoms with Crippen molar-refractivity contribution in [2.75, 3.05) is 11.9 Å². The Morgan fingerprint density at radius 3 is 2.52 bits per heavy atom. The lowest BCUT2D eigenvalue weighted by Crippen LogP contribution is -2.46. The summed E-state index contributed by atoms with van der Waals surface area (Å²) in [5, 5.41) is 15.6. The van der Waals surface area contributed by atoms with Crippen molar-refractivity contribution in [3.63, 3.8) is 0 Å². The van der Waals surface area contributed by atoms with Crippen LogP contribution in [0.2, 0.25) is 0 Å². The van der Waals surface area contributed by atoms with Crippen LogP contribution in [0.3, 0.4) is 0 Å². The topological polar surface area (TPSA) is 127 Å². The van der Waals surface area contributed by atoms with Gasteiger partial charge in [-0.3, -0.25) is 19.7 Å². The van der Waals surface area contributed by atoms with E-state index in [2.05, 4.69) is 10.6 Å². The number of nitrogens with one attached hydrogen (secondary N) is 2. The van der Waals surface area contributed by atoms with E-state index in [9.17, 15) is 19.7 Å². The van der Waals surface area contributed by atoms with E-state index in [0.717, 1.165) is 0 Å². The number of nitro benzene ring substituents is 1. The Morgan fingerprint density at radius 2 is 1.95 bits per heavy atom. The monoisotopic (exact) mass is 294 g/mol. The van der Waals surface area contributed by atoms with Crippen LogP contribution in [-0.2, 0) is 9.59 Å². The van der Waals surface area contributed by atoms with Crippen LogP contribution in [0.25, 0.3) is 0 Å². The predicted octanol–water partition coefficient (Wildman–Crippen LogP) is 0.633. The molecule has 1 atom stereocenters. The molecule has 0 radical (unpaired) electrons. The first-order valence-corrected chi connectivity index (χ1v) is 6.39. The average molecular weight is 294 g/mol. The summed E-state index contributed by atoms with van der Waals surface area (Å²) in [5.41, 5.74) is 5.50. The predicted molar refractivity (Wildman–Crippen MR) is 77.5 cm³/mol. The Bertz CT molecular complexity index is 545. The number of nitrogens with zero attached hydrogens (tertiary/aromatic N) is 1. The summed E-state index contributed by atoms with van der Waals surface area (Å²) < 4.78 is 0. The average Bonchev–Trinajstić information content (AvgIpc) is 2.44. The summed E-state index contributed by atoms with van der Waals surface area (Å²) in [6.45, 7) is 3.28. The van der Waals surface area contributed by atoms with Crippen molar-refractivity contribution in [2.45, 2.75) is 19.9 Å². The van der Waals surface area contributed by atoms with E-state index in [-0.39, 0.29) is 23.8 Å². The maximum atomic E-state index is 11.7. The highest BCUT2D eigenvalue weighted by Gasteiger charge is 2.19. The second kappa shape index (κ2) is 7.34. The lowest BCUT2D eigenvalue weighted by Gasteiger charge is -2.15. The zero-order valence-corrected chi connectivity index (χ0v) is 11.8. The molecule has 0 spiro atoms.